The zero-order valence-corrected chi connectivity index (χ0v) is 14.5. The lowest BCUT2D eigenvalue weighted by atomic mass is 9.89. The molecule has 0 radical (unpaired) electrons. The fourth-order valence-corrected chi connectivity index (χ4v) is 3.33. The molecule has 0 saturated carbocycles. The van der Waals surface area contributed by atoms with E-state index >= 15 is 0 Å². The second-order valence-electron chi connectivity index (χ2n) is 6.56. The molecule has 1 amide bonds. The van der Waals surface area contributed by atoms with Gasteiger partial charge in [-0.3, -0.25) is 9.48 Å². The number of carboxylic acids is 1. The van der Waals surface area contributed by atoms with E-state index in [9.17, 15) is 22.8 Å². The van der Waals surface area contributed by atoms with Crippen LogP contribution in [0.5, 0.6) is 0 Å². The monoisotopic (exact) mass is 381 g/mol. The molecule has 0 aliphatic carbocycles. The van der Waals surface area contributed by atoms with Crippen LogP contribution in [0.3, 0.4) is 0 Å². The number of nitrogens with zero attached hydrogens (tertiary/aromatic N) is 3. The van der Waals surface area contributed by atoms with Gasteiger partial charge in [-0.05, 0) is 30.5 Å². The predicted octanol–water partition coefficient (Wildman–Crippen LogP) is 3.16. The Hall–Kier alpha value is -2.84. The largest absolute Gasteiger partial charge is 0.478 e. The van der Waals surface area contributed by atoms with Crippen LogP contribution in [0.1, 0.15) is 50.9 Å². The van der Waals surface area contributed by atoms with Gasteiger partial charge in [0, 0.05) is 32.1 Å². The van der Waals surface area contributed by atoms with Gasteiger partial charge in [0.15, 0.2) is 5.69 Å². The van der Waals surface area contributed by atoms with Gasteiger partial charge in [0.05, 0.1) is 5.56 Å². The first-order valence-corrected chi connectivity index (χ1v) is 8.40. The third-order valence-electron chi connectivity index (χ3n) is 4.70. The summed E-state index contributed by atoms with van der Waals surface area (Å²) in [6.45, 7) is 0.745. The topological polar surface area (TPSA) is 75.4 Å². The third kappa shape index (κ3) is 3.96. The van der Waals surface area contributed by atoms with Gasteiger partial charge in [-0.2, -0.15) is 18.3 Å². The molecule has 0 spiro atoms. The number of hydrogen-bond acceptors (Lipinski definition) is 3. The number of benzene rings is 1. The average molecular weight is 381 g/mol. The Bertz CT molecular complexity index is 876. The van der Waals surface area contributed by atoms with Gasteiger partial charge in [0.1, 0.15) is 5.69 Å². The summed E-state index contributed by atoms with van der Waals surface area (Å²) in [5.41, 5.74) is -0.260. The van der Waals surface area contributed by atoms with E-state index in [1.165, 1.54) is 18.0 Å². The van der Waals surface area contributed by atoms with Gasteiger partial charge in [-0.1, -0.05) is 12.1 Å². The molecule has 6 nitrogen and oxygen atoms in total. The maximum absolute atomic E-state index is 12.8. The van der Waals surface area contributed by atoms with Crippen LogP contribution in [0.15, 0.2) is 30.3 Å². The quantitative estimate of drug-likeness (QED) is 0.886. The summed E-state index contributed by atoms with van der Waals surface area (Å²) < 4.78 is 39.4. The summed E-state index contributed by atoms with van der Waals surface area (Å²) >= 11 is 0. The van der Waals surface area contributed by atoms with Crippen molar-refractivity contribution in [1.82, 2.24) is 14.7 Å². The first kappa shape index (κ1) is 18.9. The Kier molecular flexibility index (Phi) is 4.95. The minimum atomic E-state index is -4.61. The number of carboxylic acid groups (broad SMARTS) is 1. The van der Waals surface area contributed by atoms with Crippen LogP contribution in [0.25, 0.3) is 0 Å². The van der Waals surface area contributed by atoms with Crippen molar-refractivity contribution in [2.75, 3.05) is 13.1 Å². The molecule has 144 valence electrons. The second kappa shape index (κ2) is 7.05. The van der Waals surface area contributed by atoms with Crippen molar-refractivity contribution >= 4 is 11.9 Å². The minimum absolute atomic E-state index is 0.0719. The second-order valence-corrected chi connectivity index (χ2v) is 6.56. The first-order chi connectivity index (χ1) is 12.7. The first-order valence-electron chi connectivity index (χ1n) is 8.40. The molecule has 1 N–H and O–H groups in total. The van der Waals surface area contributed by atoms with E-state index in [1.54, 1.807) is 18.2 Å². The number of likely N-dealkylation sites (tertiary alicyclic amines) is 1. The zero-order chi connectivity index (χ0) is 19.8. The van der Waals surface area contributed by atoms with E-state index in [4.69, 9.17) is 5.11 Å². The molecule has 2 aromatic rings. The third-order valence-corrected chi connectivity index (χ3v) is 4.70. The number of alkyl halides is 3. The summed E-state index contributed by atoms with van der Waals surface area (Å²) in [5, 5.41) is 12.5. The summed E-state index contributed by atoms with van der Waals surface area (Å²) in [4.78, 5) is 25.4. The molecular weight excluding hydrogens is 363 g/mol. The van der Waals surface area contributed by atoms with Crippen molar-refractivity contribution in [2.45, 2.75) is 24.9 Å². The number of piperidine rings is 1. The SMILES string of the molecule is Cn1nc(C(F)(F)F)cc1C(=O)N1CCC[C@@H](c2cccc(C(=O)O)c2)C1. The maximum atomic E-state index is 12.8. The van der Waals surface area contributed by atoms with Crippen LogP contribution >= 0.6 is 0 Å². The molecule has 0 bridgehead atoms. The lowest BCUT2D eigenvalue weighted by Crippen LogP contribution is -2.39. The number of halogens is 3. The van der Waals surface area contributed by atoms with Crippen molar-refractivity contribution in [3.8, 4) is 0 Å². The zero-order valence-electron chi connectivity index (χ0n) is 14.5. The lowest BCUT2D eigenvalue weighted by Gasteiger charge is -2.33. The van der Waals surface area contributed by atoms with Crippen LogP contribution < -0.4 is 0 Å². The van der Waals surface area contributed by atoms with Gasteiger partial charge in [-0.15, -0.1) is 0 Å². The summed E-state index contributed by atoms with van der Waals surface area (Å²) in [7, 11) is 1.31. The number of aryl methyl sites for hydroxylation is 1. The highest BCUT2D eigenvalue weighted by Crippen LogP contribution is 2.31. The lowest BCUT2D eigenvalue weighted by molar-refractivity contribution is -0.141. The number of carbonyl (C=O) groups excluding carboxylic acids is 1. The van der Waals surface area contributed by atoms with E-state index in [2.05, 4.69) is 5.10 Å². The highest BCUT2D eigenvalue weighted by atomic mass is 19.4. The molecule has 2 heterocycles. The smallest absolute Gasteiger partial charge is 0.435 e. The van der Waals surface area contributed by atoms with Gasteiger partial charge in [0.2, 0.25) is 0 Å². The van der Waals surface area contributed by atoms with Crippen LogP contribution in [-0.4, -0.2) is 44.8 Å². The van der Waals surface area contributed by atoms with Crippen molar-refractivity contribution in [3.05, 3.63) is 52.8 Å². The van der Waals surface area contributed by atoms with E-state index in [-0.39, 0.29) is 17.2 Å². The minimum Gasteiger partial charge on any atom is -0.478 e. The maximum Gasteiger partial charge on any atom is 0.435 e. The Morgan fingerprint density at radius 3 is 2.63 bits per heavy atom. The van der Waals surface area contributed by atoms with E-state index in [1.807, 2.05) is 0 Å². The van der Waals surface area contributed by atoms with Gasteiger partial charge in [-0.25, -0.2) is 4.79 Å². The summed E-state index contributed by atoms with van der Waals surface area (Å²) in [6, 6.07) is 7.28. The number of aromatic carboxylic acids is 1. The molecule has 1 aliphatic heterocycles. The number of carbonyl (C=O) groups is 2. The molecule has 27 heavy (non-hydrogen) atoms. The molecular formula is C18H18F3N3O3. The molecule has 1 atom stereocenters. The summed E-state index contributed by atoms with van der Waals surface area (Å²) in [6.07, 6.45) is -3.16. The molecule has 1 aliphatic rings. The van der Waals surface area contributed by atoms with E-state index in [0.717, 1.165) is 22.7 Å². The number of rotatable bonds is 3. The van der Waals surface area contributed by atoms with Crippen LogP contribution in [-0.2, 0) is 13.2 Å². The molecule has 1 aromatic heterocycles. The average Bonchev–Trinajstić information content (AvgIpc) is 3.03. The van der Waals surface area contributed by atoms with E-state index in [0.29, 0.717) is 19.5 Å². The van der Waals surface area contributed by atoms with Gasteiger partial charge in [0.25, 0.3) is 5.91 Å². The standard InChI is InChI=1S/C18H18F3N3O3/c1-23-14(9-15(22-23)18(19,20)21)16(25)24-7-3-6-13(10-24)11-4-2-5-12(8-11)17(26)27/h2,4-5,8-9,13H,3,6-7,10H2,1H3,(H,26,27)/t13-/m1/s1. The van der Waals surface area contributed by atoms with Crippen LogP contribution in [0.4, 0.5) is 13.2 Å². The van der Waals surface area contributed by atoms with Crippen molar-refractivity contribution in [3.63, 3.8) is 0 Å². The number of hydrogen-bond donors (Lipinski definition) is 1. The van der Waals surface area contributed by atoms with Crippen LogP contribution in [0.2, 0.25) is 0 Å². The molecule has 1 aromatic carbocycles. The summed E-state index contributed by atoms with van der Waals surface area (Å²) in [5.74, 6) is -1.62. The highest BCUT2D eigenvalue weighted by Gasteiger charge is 2.36. The molecule has 9 heteroatoms. The Morgan fingerprint density at radius 1 is 1.26 bits per heavy atom. The predicted molar refractivity (Wildman–Crippen MR) is 89.5 cm³/mol. The van der Waals surface area contributed by atoms with Gasteiger partial charge < -0.3 is 10.0 Å². The number of amides is 1. The van der Waals surface area contributed by atoms with Gasteiger partial charge >= 0.3 is 12.1 Å². The van der Waals surface area contributed by atoms with Crippen molar-refractivity contribution < 1.29 is 27.9 Å². The molecule has 1 saturated heterocycles. The fourth-order valence-electron chi connectivity index (χ4n) is 3.33. The molecule has 1 fully saturated rings. The molecule has 0 unspecified atom stereocenters. The molecule has 3 rings (SSSR count). The Labute approximate surface area is 153 Å². The highest BCUT2D eigenvalue weighted by molar-refractivity contribution is 5.93. The van der Waals surface area contributed by atoms with Crippen molar-refractivity contribution in [2.24, 2.45) is 7.05 Å². The van der Waals surface area contributed by atoms with Crippen molar-refractivity contribution in [1.29, 1.82) is 0 Å². The Balaban J connectivity index is 1.80. The Morgan fingerprint density at radius 2 is 2.00 bits per heavy atom. The fraction of sp³-hybridized carbons (Fsp3) is 0.389. The van der Waals surface area contributed by atoms with E-state index < -0.39 is 23.7 Å². The van der Waals surface area contributed by atoms with Crippen LogP contribution in [0, 0.1) is 0 Å². The normalized spacial score (nSPS) is 17.8. The number of aromatic nitrogens is 2.